The summed E-state index contributed by atoms with van der Waals surface area (Å²) in [5.74, 6) is 0.00625. The molecule has 0 saturated heterocycles. The van der Waals surface area contributed by atoms with Crippen molar-refractivity contribution >= 4 is 36.9 Å². The molecule has 0 unspecified atom stereocenters. The Balaban J connectivity index is 1.40. The number of anilines is 1. The third-order valence-electron chi connectivity index (χ3n) is 5.44. The number of imidazole rings is 1. The highest BCUT2D eigenvalue weighted by atomic mass is 28.3. The number of alkyl carbamates (subject to hydrolysis) is 1. The van der Waals surface area contributed by atoms with E-state index >= 15 is 0 Å². The fourth-order valence-corrected chi connectivity index (χ4v) is 4.20. The van der Waals surface area contributed by atoms with Gasteiger partial charge in [0.2, 0.25) is 11.7 Å². The quantitative estimate of drug-likeness (QED) is 0.220. The highest BCUT2D eigenvalue weighted by molar-refractivity contribution is 6.76. The van der Waals surface area contributed by atoms with Crippen LogP contribution in [0.25, 0.3) is 22.6 Å². The number of ether oxygens (including phenoxy) is 2. The van der Waals surface area contributed by atoms with E-state index in [1.54, 1.807) is 0 Å². The lowest BCUT2D eigenvalue weighted by Crippen LogP contribution is -2.33. The second-order valence-corrected chi connectivity index (χ2v) is 15.2. The number of hydrogen-bond acceptors (Lipinski definition) is 8. The first kappa shape index (κ1) is 26.0. The Hall–Kier alpha value is -4.03. The van der Waals surface area contributed by atoms with Crippen molar-refractivity contribution in [3.05, 3.63) is 60.2 Å². The van der Waals surface area contributed by atoms with Gasteiger partial charge in [-0.3, -0.25) is 9.36 Å². The molecule has 0 fully saturated rings. The van der Waals surface area contributed by atoms with Gasteiger partial charge in [0.25, 0.3) is 0 Å². The van der Waals surface area contributed by atoms with E-state index < -0.39 is 20.1 Å². The van der Waals surface area contributed by atoms with Crippen molar-refractivity contribution in [1.29, 1.82) is 0 Å². The molecular weight excluding hydrogens is 492 g/mol. The van der Waals surface area contributed by atoms with Crippen LogP contribution in [0.1, 0.15) is 5.56 Å². The predicted octanol–water partition coefficient (Wildman–Crippen LogP) is 4.26. The molecule has 0 radical (unpaired) electrons. The van der Waals surface area contributed by atoms with Crippen LogP contribution in [0.3, 0.4) is 0 Å². The molecule has 2 N–H and O–H groups in total. The van der Waals surface area contributed by atoms with E-state index in [0.29, 0.717) is 12.4 Å². The first-order chi connectivity index (χ1) is 17.8. The summed E-state index contributed by atoms with van der Waals surface area (Å²) < 4.78 is 17.9. The molecule has 0 atom stereocenters. The van der Waals surface area contributed by atoms with Crippen LogP contribution in [-0.2, 0) is 27.6 Å². The summed E-state index contributed by atoms with van der Waals surface area (Å²) in [7, 11) is -1.24. The number of aromatic nitrogens is 4. The third kappa shape index (κ3) is 7.24. The molecule has 194 valence electrons. The number of hydrogen-bond donors (Lipinski definition) is 2. The summed E-state index contributed by atoms with van der Waals surface area (Å²) in [6.07, 6.45) is -0.713. The van der Waals surface area contributed by atoms with Gasteiger partial charge in [-0.2, -0.15) is 0 Å². The number of fused-ring (bicyclic) bond motifs is 1. The highest BCUT2D eigenvalue weighted by Crippen LogP contribution is 2.28. The number of nitrogens with zero attached hydrogens (tertiary/aromatic N) is 4. The summed E-state index contributed by atoms with van der Waals surface area (Å²) in [6.45, 7) is 7.55. The van der Waals surface area contributed by atoms with Gasteiger partial charge in [0.05, 0.1) is 11.0 Å². The molecule has 2 aromatic carbocycles. The summed E-state index contributed by atoms with van der Waals surface area (Å²) >= 11 is 0. The maximum atomic E-state index is 12.5. The average molecular weight is 523 g/mol. The topological polar surface area (TPSA) is 133 Å². The van der Waals surface area contributed by atoms with Crippen molar-refractivity contribution in [2.75, 3.05) is 18.5 Å². The van der Waals surface area contributed by atoms with Gasteiger partial charge >= 0.3 is 6.09 Å². The molecule has 4 aromatic rings. The molecule has 37 heavy (non-hydrogen) atoms. The zero-order valence-corrected chi connectivity index (χ0v) is 22.1. The van der Waals surface area contributed by atoms with Crippen LogP contribution < -0.4 is 10.6 Å². The minimum Gasteiger partial charge on any atom is -0.445 e. The zero-order valence-electron chi connectivity index (χ0n) is 21.1. The van der Waals surface area contributed by atoms with Crippen LogP contribution in [0.5, 0.6) is 0 Å². The lowest BCUT2D eigenvalue weighted by Gasteiger charge is -2.16. The highest BCUT2D eigenvalue weighted by Gasteiger charge is 2.22. The standard InChI is InChI=1S/C25H30N6O5Si/c1-37(2,3)14-13-34-17-31-20-12-8-7-11-19(20)27-24(31)22-23(30-36-29-22)28-21(32)15-26-25(33)35-16-18-9-5-4-6-10-18/h4-12H,13-17H2,1-3H3,(H,26,33)(H,28,30,32). The predicted molar refractivity (Wildman–Crippen MR) is 140 cm³/mol. The lowest BCUT2D eigenvalue weighted by atomic mass is 10.2. The molecule has 2 aromatic heterocycles. The first-order valence-corrected chi connectivity index (χ1v) is 15.6. The SMILES string of the molecule is C[Si](C)(C)CCOCn1c(-c2nonc2NC(=O)CNC(=O)OCc2ccccc2)nc2ccccc21. The molecule has 0 aliphatic rings. The van der Waals surface area contributed by atoms with Gasteiger partial charge in [-0.05, 0) is 34.1 Å². The number of carbonyl (C=O) groups excluding carboxylic acids is 2. The third-order valence-corrected chi connectivity index (χ3v) is 7.14. The maximum absolute atomic E-state index is 12.5. The van der Waals surface area contributed by atoms with Crippen LogP contribution >= 0.6 is 0 Å². The second-order valence-electron chi connectivity index (χ2n) is 9.63. The summed E-state index contributed by atoms with van der Waals surface area (Å²) in [5, 5.41) is 12.8. The van der Waals surface area contributed by atoms with E-state index in [1.165, 1.54) is 0 Å². The fourth-order valence-electron chi connectivity index (χ4n) is 3.44. The molecule has 0 bridgehead atoms. The van der Waals surface area contributed by atoms with E-state index in [2.05, 4.69) is 45.6 Å². The Kier molecular flexibility index (Phi) is 8.31. The van der Waals surface area contributed by atoms with Crippen molar-refractivity contribution in [2.45, 2.75) is 39.0 Å². The first-order valence-electron chi connectivity index (χ1n) is 11.9. The molecule has 0 aliphatic carbocycles. The second kappa shape index (κ2) is 11.8. The van der Waals surface area contributed by atoms with Crippen molar-refractivity contribution in [3.63, 3.8) is 0 Å². The van der Waals surface area contributed by atoms with Crippen molar-refractivity contribution in [1.82, 2.24) is 25.2 Å². The van der Waals surface area contributed by atoms with E-state index in [1.807, 2.05) is 59.2 Å². The molecule has 11 nitrogen and oxygen atoms in total. The van der Waals surface area contributed by atoms with Gasteiger partial charge in [0.15, 0.2) is 11.5 Å². The minimum atomic E-state index is -1.24. The minimum absolute atomic E-state index is 0.0862. The van der Waals surface area contributed by atoms with Gasteiger partial charge in [-0.1, -0.05) is 62.1 Å². The van der Waals surface area contributed by atoms with Crippen LogP contribution in [0.15, 0.2) is 59.2 Å². The van der Waals surface area contributed by atoms with Crippen molar-refractivity contribution in [3.8, 4) is 11.5 Å². The van der Waals surface area contributed by atoms with Crippen molar-refractivity contribution in [2.24, 2.45) is 0 Å². The van der Waals surface area contributed by atoms with E-state index in [-0.39, 0.29) is 31.4 Å². The normalized spacial score (nSPS) is 11.4. The Morgan fingerprint density at radius 1 is 1.03 bits per heavy atom. The summed E-state index contributed by atoms with van der Waals surface area (Å²) in [4.78, 5) is 29.1. The lowest BCUT2D eigenvalue weighted by molar-refractivity contribution is -0.115. The summed E-state index contributed by atoms with van der Waals surface area (Å²) in [6, 6.07) is 17.9. The number of rotatable bonds is 11. The molecule has 2 heterocycles. The van der Waals surface area contributed by atoms with Gasteiger partial charge in [0, 0.05) is 14.7 Å². The van der Waals surface area contributed by atoms with E-state index in [0.717, 1.165) is 22.6 Å². The Morgan fingerprint density at radius 3 is 2.57 bits per heavy atom. The monoisotopic (exact) mass is 522 g/mol. The zero-order chi connectivity index (χ0) is 26.3. The van der Waals surface area contributed by atoms with Gasteiger partial charge in [-0.25, -0.2) is 14.4 Å². The maximum Gasteiger partial charge on any atom is 0.407 e. The smallest absolute Gasteiger partial charge is 0.407 e. The van der Waals surface area contributed by atoms with E-state index in [9.17, 15) is 9.59 Å². The average Bonchev–Trinajstić information content (AvgIpc) is 3.48. The Morgan fingerprint density at radius 2 is 1.78 bits per heavy atom. The van der Waals surface area contributed by atoms with Gasteiger partial charge in [-0.15, -0.1) is 0 Å². The van der Waals surface area contributed by atoms with Crippen LogP contribution in [0.4, 0.5) is 10.6 Å². The Labute approximate surface area is 215 Å². The number of para-hydroxylation sites is 2. The molecule has 0 spiro atoms. The van der Waals surface area contributed by atoms with Crippen molar-refractivity contribution < 1.29 is 23.7 Å². The number of amides is 2. The number of benzene rings is 2. The van der Waals surface area contributed by atoms with E-state index in [4.69, 9.17) is 14.1 Å². The number of carbonyl (C=O) groups is 2. The molecule has 0 aliphatic heterocycles. The van der Waals surface area contributed by atoms with Crippen LogP contribution in [-0.4, -0.2) is 53.1 Å². The van der Waals surface area contributed by atoms with Crippen LogP contribution in [0, 0.1) is 0 Å². The fraction of sp³-hybridized carbons (Fsp3) is 0.320. The molecule has 2 amide bonds. The Bertz CT molecular complexity index is 1350. The van der Waals surface area contributed by atoms with Gasteiger partial charge in [0.1, 0.15) is 19.9 Å². The van der Waals surface area contributed by atoms with Crippen LogP contribution in [0.2, 0.25) is 25.7 Å². The largest absolute Gasteiger partial charge is 0.445 e. The molecule has 4 rings (SSSR count). The number of nitrogens with one attached hydrogen (secondary N) is 2. The molecule has 0 saturated carbocycles. The molecule has 12 heteroatoms. The molecular formula is C25H30N6O5Si. The van der Waals surface area contributed by atoms with Gasteiger partial charge < -0.3 is 20.1 Å². The summed E-state index contributed by atoms with van der Waals surface area (Å²) in [5.41, 5.74) is 2.70.